The van der Waals surface area contributed by atoms with Gasteiger partial charge in [-0.15, -0.1) is 0 Å². The van der Waals surface area contributed by atoms with Crippen LogP contribution in [0.4, 0.5) is 0 Å². The molecule has 2 aromatic rings. The number of hydrogen-bond donors (Lipinski definition) is 3. The monoisotopic (exact) mass is 386 g/mol. The summed E-state index contributed by atoms with van der Waals surface area (Å²) in [5.41, 5.74) is 6.30. The maximum absolute atomic E-state index is 12.5. The minimum atomic E-state index is -0.266. The van der Waals surface area contributed by atoms with Crippen LogP contribution in [0.15, 0.2) is 22.7 Å². The van der Waals surface area contributed by atoms with E-state index in [0.717, 1.165) is 32.1 Å². The molecule has 8 nitrogen and oxygen atoms in total. The highest BCUT2D eigenvalue weighted by Gasteiger charge is 2.24. The molecule has 1 saturated carbocycles. The average molecular weight is 386 g/mol. The number of hydrogen-bond acceptors (Lipinski definition) is 6. The molecule has 1 fully saturated rings. The molecule has 2 aromatic heterocycles. The first kappa shape index (κ1) is 19.9. The lowest BCUT2D eigenvalue weighted by Gasteiger charge is -2.28. The molecular formula is C20H26N4O4. The first-order valence-electron chi connectivity index (χ1n) is 9.66. The fraction of sp³-hybridized carbons (Fsp3) is 0.500. The van der Waals surface area contributed by atoms with Crippen LogP contribution in [-0.2, 0) is 9.53 Å². The molecule has 150 valence electrons. The summed E-state index contributed by atoms with van der Waals surface area (Å²) >= 11 is 0. The third-order valence-corrected chi connectivity index (χ3v) is 5.15. The van der Waals surface area contributed by atoms with Crippen molar-refractivity contribution in [2.24, 2.45) is 11.7 Å². The fourth-order valence-corrected chi connectivity index (χ4v) is 3.60. The van der Waals surface area contributed by atoms with Crippen LogP contribution >= 0.6 is 0 Å². The molecule has 8 heteroatoms. The van der Waals surface area contributed by atoms with Crippen molar-refractivity contribution in [2.45, 2.75) is 51.5 Å². The van der Waals surface area contributed by atoms with E-state index in [1.165, 1.54) is 6.20 Å². The smallest absolute Gasteiger partial charge is 0.305 e. The largest absolute Gasteiger partial charge is 0.466 e. The molecule has 0 aromatic carbocycles. The molecule has 2 heterocycles. The Hall–Kier alpha value is -2.90. The molecule has 28 heavy (non-hydrogen) atoms. The maximum atomic E-state index is 12.5. The van der Waals surface area contributed by atoms with E-state index in [9.17, 15) is 9.59 Å². The summed E-state index contributed by atoms with van der Waals surface area (Å²) in [7, 11) is 0. The Kier molecular flexibility index (Phi) is 6.28. The summed E-state index contributed by atoms with van der Waals surface area (Å²) in [5.74, 6) is 0.216. The van der Waals surface area contributed by atoms with Crippen molar-refractivity contribution in [3.05, 3.63) is 29.7 Å². The molecule has 1 aliphatic carbocycles. The van der Waals surface area contributed by atoms with Gasteiger partial charge in [-0.3, -0.25) is 15.0 Å². The van der Waals surface area contributed by atoms with Crippen molar-refractivity contribution in [3.63, 3.8) is 0 Å². The van der Waals surface area contributed by atoms with Crippen molar-refractivity contribution in [1.29, 1.82) is 5.41 Å². The van der Waals surface area contributed by atoms with E-state index in [4.69, 9.17) is 20.3 Å². The van der Waals surface area contributed by atoms with Crippen molar-refractivity contribution in [1.82, 2.24) is 10.3 Å². The van der Waals surface area contributed by atoms with E-state index in [2.05, 4.69) is 10.3 Å². The van der Waals surface area contributed by atoms with Gasteiger partial charge in [0, 0.05) is 29.6 Å². The van der Waals surface area contributed by atoms with Gasteiger partial charge in [0.15, 0.2) is 5.76 Å². The lowest BCUT2D eigenvalue weighted by atomic mass is 9.83. The lowest BCUT2D eigenvalue weighted by molar-refractivity contribution is -0.143. The molecule has 1 aliphatic rings. The minimum Gasteiger partial charge on any atom is -0.466 e. The van der Waals surface area contributed by atoms with Gasteiger partial charge in [0.2, 0.25) is 5.71 Å². The highest BCUT2D eigenvalue weighted by atomic mass is 16.5. The molecule has 0 atom stereocenters. The average Bonchev–Trinajstić information content (AvgIpc) is 3.11. The predicted octanol–water partition coefficient (Wildman–Crippen LogP) is 2.74. The lowest BCUT2D eigenvalue weighted by Crippen LogP contribution is -2.37. The van der Waals surface area contributed by atoms with Crippen LogP contribution in [0.2, 0.25) is 0 Å². The number of nitrogens with two attached hydrogens (primary N) is 1. The van der Waals surface area contributed by atoms with Gasteiger partial charge in [-0.1, -0.05) is 0 Å². The summed E-state index contributed by atoms with van der Waals surface area (Å²) in [6, 6.07) is 3.40. The Bertz CT molecular complexity index is 868. The van der Waals surface area contributed by atoms with E-state index >= 15 is 0 Å². The zero-order valence-electron chi connectivity index (χ0n) is 16.0. The Morgan fingerprint density at radius 2 is 2.07 bits per heavy atom. The van der Waals surface area contributed by atoms with Crippen molar-refractivity contribution < 1.29 is 18.7 Å². The summed E-state index contributed by atoms with van der Waals surface area (Å²) < 4.78 is 10.5. The van der Waals surface area contributed by atoms with Gasteiger partial charge in [-0.05, 0) is 57.1 Å². The number of rotatable bonds is 7. The Labute approximate surface area is 163 Å². The van der Waals surface area contributed by atoms with E-state index in [-0.39, 0.29) is 29.5 Å². The summed E-state index contributed by atoms with van der Waals surface area (Å²) in [6.07, 6.45) is 6.48. The SMILES string of the molecule is CCOC(=O)CC[C@H]1CC[C@H](NC(=O)c2cc3cc(C(=N)N)cnc3o2)CC1. The topological polar surface area (TPSA) is 131 Å². The molecule has 0 bridgehead atoms. The van der Waals surface area contributed by atoms with Crippen LogP contribution in [0, 0.1) is 11.3 Å². The molecule has 1 amide bonds. The second-order valence-electron chi connectivity index (χ2n) is 7.18. The predicted molar refractivity (Wildman–Crippen MR) is 104 cm³/mol. The van der Waals surface area contributed by atoms with Crippen LogP contribution < -0.4 is 11.1 Å². The molecular weight excluding hydrogens is 360 g/mol. The molecule has 0 spiro atoms. The summed E-state index contributed by atoms with van der Waals surface area (Å²) in [4.78, 5) is 28.1. The number of esters is 1. The molecule has 3 rings (SSSR count). The Morgan fingerprint density at radius 1 is 1.32 bits per heavy atom. The number of amides is 1. The normalized spacial score (nSPS) is 19.3. The first-order valence-corrected chi connectivity index (χ1v) is 9.66. The Balaban J connectivity index is 1.51. The van der Waals surface area contributed by atoms with Gasteiger partial charge in [0.25, 0.3) is 5.91 Å². The number of nitrogens with one attached hydrogen (secondary N) is 2. The molecule has 0 radical (unpaired) electrons. The van der Waals surface area contributed by atoms with Gasteiger partial charge in [0.05, 0.1) is 6.61 Å². The molecule has 0 saturated heterocycles. The number of nitrogens with zero attached hydrogens (tertiary/aromatic N) is 1. The second-order valence-corrected chi connectivity index (χ2v) is 7.18. The number of ether oxygens (including phenoxy) is 1. The third kappa shape index (κ3) is 4.88. The zero-order chi connectivity index (χ0) is 20.1. The number of carbonyl (C=O) groups is 2. The van der Waals surface area contributed by atoms with Crippen molar-refractivity contribution in [2.75, 3.05) is 6.61 Å². The van der Waals surface area contributed by atoms with Gasteiger partial charge < -0.3 is 20.2 Å². The quantitative estimate of drug-likeness (QED) is 0.381. The van der Waals surface area contributed by atoms with E-state index in [1.807, 2.05) is 6.92 Å². The number of aromatic nitrogens is 1. The number of amidine groups is 1. The first-order chi connectivity index (χ1) is 13.5. The summed E-state index contributed by atoms with van der Waals surface area (Å²) in [5, 5.41) is 11.1. The number of carbonyl (C=O) groups excluding carboxylic acids is 2. The fourth-order valence-electron chi connectivity index (χ4n) is 3.60. The van der Waals surface area contributed by atoms with Crippen LogP contribution in [0.25, 0.3) is 11.1 Å². The number of pyridine rings is 1. The summed E-state index contributed by atoms with van der Waals surface area (Å²) in [6.45, 7) is 2.23. The second kappa shape index (κ2) is 8.86. The van der Waals surface area contributed by atoms with Crippen LogP contribution in [0.5, 0.6) is 0 Å². The standard InChI is InChI=1S/C20H26N4O4/c1-2-27-17(25)8-5-12-3-6-15(7-4-12)24-19(26)16-10-13-9-14(18(21)22)11-23-20(13)28-16/h9-12,15H,2-8H2,1H3,(H3,21,22)(H,24,26)/t12-,15-. The zero-order valence-corrected chi connectivity index (χ0v) is 16.0. The van der Waals surface area contributed by atoms with Crippen LogP contribution in [0.1, 0.15) is 61.6 Å². The molecule has 0 aliphatic heterocycles. The molecule has 0 unspecified atom stereocenters. The van der Waals surface area contributed by atoms with Gasteiger partial charge in [-0.25, -0.2) is 4.98 Å². The van der Waals surface area contributed by atoms with Crippen LogP contribution in [-0.4, -0.2) is 35.3 Å². The van der Waals surface area contributed by atoms with Gasteiger partial charge in [0.1, 0.15) is 5.84 Å². The minimum absolute atomic E-state index is 0.0821. The van der Waals surface area contributed by atoms with E-state index in [0.29, 0.717) is 35.6 Å². The molecule has 4 N–H and O–H groups in total. The number of nitrogen functional groups attached to an aromatic ring is 1. The van der Waals surface area contributed by atoms with E-state index in [1.54, 1.807) is 12.1 Å². The highest BCUT2D eigenvalue weighted by Crippen LogP contribution is 2.28. The Morgan fingerprint density at radius 3 is 2.75 bits per heavy atom. The third-order valence-electron chi connectivity index (χ3n) is 5.15. The number of fused-ring (bicyclic) bond motifs is 1. The van der Waals surface area contributed by atoms with Gasteiger partial charge in [-0.2, -0.15) is 0 Å². The van der Waals surface area contributed by atoms with Crippen molar-refractivity contribution >= 4 is 28.8 Å². The maximum Gasteiger partial charge on any atom is 0.305 e. The highest BCUT2D eigenvalue weighted by molar-refractivity contribution is 5.99. The number of furan rings is 1. The van der Waals surface area contributed by atoms with Crippen molar-refractivity contribution in [3.8, 4) is 0 Å². The van der Waals surface area contributed by atoms with Gasteiger partial charge >= 0.3 is 5.97 Å². The van der Waals surface area contributed by atoms with E-state index < -0.39 is 0 Å². The van der Waals surface area contributed by atoms with Crippen LogP contribution in [0.3, 0.4) is 0 Å².